The minimum atomic E-state index is -1.23. The number of allylic oxidation sites excluding steroid dienone is 6. The Bertz CT molecular complexity index is 5140. The van der Waals surface area contributed by atoms with Crippen molar-refractivity contribution in [3.8, 4) is 70.1 Å². The van der Waals surface area contributed by atoms with Gasteiger partial charge in [-0.25, -0.2) is 27.7 Å². The largest absolute Gasteiger partial charge is 0.495 e. The first-order chi connectivity index (χ1) is 46.4. The summed E-state index contributed by atoms with van der Waals surface area (Å²) in [5.74, 6) is -5.21. The molecule has 0 radical (unpaired) electrons. The summed E-state index contributed by atoms with van der Waals surface area (Å²) in [5, 5.41) is 30.4. The van der Waals surface area contributed by atoms with Crippen LogP contribution in [0.15, 0.2) is 180 Å². The van der Waals surface area contributed by atoms with Gasteiger partial charge in [-0.3, -0.25) is 9.59 Å². The Morgan fingerprint density at radius 2 is 0.781 bits per heavy atom. The summed E-state index contributed by atoms with van der Waals surface area (Å²) in [6, 6.07) is 56.4. The van der Waals surface area contributed by atoms with Crippen LogP contribution in [0, 0.1) is 91.5 Å². The quantitative estimate of drug-likeness (QED) is 0.0577. The molecule has 4 aliphatic rings. The standard InChI is InChI=1S/C80H46F4N4O4S4/c1-39-8-16-44(17-9-39)79(45-18-10-40(2)11-19-45)58-29-55-59(28-54(58)75-60(79)34-69(95-75)77-67(91-6)26-48(93-77)24-56-71(43(36-85)37-86)50-30-62(81)64(83)32-52(50)73(56)89)80(46-20-12-41(3)13-21-46,47-22-14-42(4)15-23-47)61-35-70(96-76(55)61)78-68(92-7)27-49(94-78)25-57-72(66(38-87)88-5)51-31-63(82)65(84)33-53(51)74(57)90/h8-35H,1-4,6-7H3/b56-24-,57-25-,72-66+. The zero-order valence-corrected chi connectivity index (χ0v) is 55.0. The molecule has 462 valence electrons. The molecule has 0 saturated carbocycles. The van der Waals surface area contributed by atoms with Gasteiger partial charge in [-0.1, -0.05) is 119 Å². The average Bonchev–Trinajstić information content (AvgIpc) is 1.50. The number of carbonyl (C=O) groups is 2. The van der Waals surface area contributed by atoms with Crippen molar-refractivity contribution in [3.63, 3.8) is 0 Å². The average molecular weight is 1330 g/mol. The number of rotatable bonds is 10. The van der Waals surface area contributed by atoms with E-state index in [0.717, 1.165) is 131 Å². The van der Waals surface area contributed by atoms with Crippen LogP contribution < -0.4 is 9.47 Å². The van der Waals surface area contributed by atoms with E-state index in [9.17, 15) is 42.9 Å². The number of halogens is 4. The van der Waals surface area contributed by atoms with Crippen LogP contribution in [0.5, 0.6) is 11.5 Å². The van der Waals surface area contributed by atoms with Crippen LogP contribution in [-0.2, 0) is 10.8 Å². The van der Waals surface area contributed by atoms with E-state index < -0.39 is 56.9 Å². The molecule has 16 heteroatoms. The van der Waals surface area contributed by atoms with Crippen LogP contribution >= 0.6 is 45.3 Å². The molecule has 4 heterocycles. The minimum Gasteiger partial charge on any atom is -0.495 e. The summed E-state index contributed by atoms with van der Waals surface area (Å²) in [5.41, 5.74) is 11.2. The Hall–Kier alpha value is -11.1. The lowest BCUT2D eigenvalue weighted by Crippen LogP contribution is -2.30. The fourth-order valence-electron chi connectivity index (χ4n) is 14.3. The lowest BCUT2D eigenvalue weighted by Gasteiger charge is -2.35. The van der Waals surface area contributed by atoms with Gasteiger partial charge in [-0.15, -0.1) is 45.3 Å². The Balaban J connectivity index is 0.973. The van der Waals surface area contributed by atoms with Crippen molar-refractivity contribution >= 4 is 80.2 Å². The van der Waals surface area contributed by atoms with Gasteiger partial charge >= 0.3 is 0 Å². The van der Waals surface area contributed by atoms with E-state index in [4.69, 9.17) is 16.0 Å². The van der Waals surface area contributed by atoms with Crippen molar-refractivity contribution in [3.05, 3.63) is 314 Å². The molecule has 0 amide bonds. The Labute approximate surface area is 565 Å². The van der Waals surface area contributed by atoms with Gasteiger partial charge in [0.2, 0.25) is 0 Å². The number of ketones is 2. The molecule has 0 fully saturated rings. The van der Waals surface area contributed by atoms with E-state index in [0.29, 0.717) is 21.3 Å². The summed E-state index contributed by atoms with van der Waals surface area (Å²) in [4.78, 5) is 38.1. The van der Waals surface area contributed by atoms with Gasteiger partial charge in [0, 0.05) is 62.7 Å². The van der Waals surface area contributed by atoms with E-state index >= 15 is 0 Å². The van der Waals surface area contributed by atoms with Gasteiger partial charge < -0.3 is 9.47 Å². The zero-order valence-electron chi connectivity index (χ0n) is 51.7. The number of methoxy groups -OCH3 is 2. The topological polar surface area (TPSA) is 128 Å². The summed E-state index contributed by atoms with van der Waals surface area (Å²) >= 11 is 5.92. The summed E-state index contributed by atoms with van der Waals surface area (Å²) in [6.07, 6.45) is 3.11. The number of nitriles is 3. The first-order valence-electron chi connectivity index (χ1n) is 30.1. The van der Waals surface area contributed by atoms with Crippen molar-refractivity contribution in [2.45, 2.75) is 38.5 Å². The van der Waals surface area contributed by atoms with Gasteiger partial charge in [-0.05, 0) is 167 Å². The number of carbonyl (C=O) groups excluding carboxylic acids is 2. The lowest BCUT2D eigenvalue weighted by atomic mass is 9.65. The maximum Gasteiger partial charge on any atom is 0.270 e. The molecule has 4 aromatic heterocycles. The first-order valence-corrected chi connectivity index (χ1v) is 33.4. The first kappa shape index (κ1) is 61.1. The van der Waals surface area contributed by atoms with Gasteiger partial charge in [0.15, 0.2) is 34.8 Å². The maximum absolute atomic E-state index is 14.9. The van der Waals surface area contributed by atoms with Crippen molar-refractivity contribution in [2.24, 2.45) is 0 Å². The summed E-state index contributed by atoms with van der Waals surface area (Å²) < 4.78 is 71.7. The number of Topliss-reactive ketones (excluding diaryl/α,β-unsaturated/α-hetero) is 2. The van der Waals surface area contributed by atoms with Crippen LogP contribution in [0.1, 0.15) is 108 Å². The van der Waals surface area contributed by atoms with Gasteiger partial charge in [-0.2, -0.15) is 10.5 Å². The van der Waals surface area contributed by atoms with Crippen LogP contribution in [0.3, 0.4) is 0 Å². The summed E-state index contributed by atoms with van der Waals surface area (Å²) in [6.45, 7) is 16.1. The van der Waals surface area contributed by atoms with E-state index in [1.165, 1.54) is 22.7 Å². The number of benzene rings is 7. The van der Waals surface area contributed by atoms with Crippen molar-refractivity contribution in [2.75, 3.05) is 14.2 Å². The number of ether oxygens (including phenoxy) is 2. The monoisotopic (exact) mass is 1330 g/mol. The van der Waals surface area contributed by atoms with Crippen LogP contribution in [0.2, 0.25) is 0 Å². The molecule has 0 unspecified atom stereocenters. The number of fused-ring (bicyclic) bond motifs is 8. The smallest absolute Gasteiger partial charge is 0.270 e. The predicted octanol–water partition coefficient (Wildman–Crippen LogP) is 20.3. The normalized spacial score (nSPS) is 15.5. The highest BCUT2D eigenvalue weighted by Gasteiger charge is 2.53. The highest BCUT2D eigenvalue weighted by molar-refractivity contribution is 7.25. The number of nitrogens with zero attached hydrogens (tertiary/aromatic N) is 4. The molecule has 4 aliphatic carbocycles. The molecule has 0 spiro atoms. The van der Waals surface area contributed by atoms with Crippen molar-refractivity contribution < 1.29 is 36.6 Å². The van der Waals surface area contributed by atoms with Crippen LogP contribution in [0.25, 0.3) is 68.5 Å². The molecule has 96 heavy (non-hydrogen) atoms. The Kier molecular flexibility index (Phi) is 14.5. The number of aryl methyl sites for hydroxylation is 4. The fraction of sp³-hybridized carbons (Fsp3) is 0.100. The third-order valence-corrected chi connectivity index (χ3v) is 23.5. The minimum absolute atomic E-state index is 0.0322. The maximum atomic E-state index is 14.9. The molecule has 0 atom stereocenters. The lowest BCUT2D eigenvalue weighted by molar-refractivity contribution is 0.103. The van der Waals surface area contributed by atoms with Crippen molar-refractivity contribution in [1.29, 1.82) is 15.8 Å². The molecular formula is C80H46F4N4O4S4. The molecule has 0 aliphatic heterocycles. The second kappa shape index (κ2) is 22.8. The summed E-state index contributed by atoms with van der Waals surface area (Å²) in [7, 11) is 3.14. The van der Waals surface area contributed by atoms with Gasteiger partial charge in [0.05, 0.1) is 47.4 Å². The van der Waals surface area contributed by atoms with Gasteiger partial charge in [0.1, 0.15) is 29.2 Å². The number of thiophene rings is 4. The van der Waals surface area contributed by atoms with E-state index in [1.54, 1.807) is 61.2 Å². The van der Waals surface area contributed by atoms with Crippen molar-refractivity contribution in [1.82, 2.24) is 0 Å². The van der Waals surface area contributed by atoms with Crippen LogP contribution in [0.4, 0.5) is 17.6 Å². The van der Waals surface area contributed by atoms with E-state index in [2.05, 4.69) is 154 Å². The molecule has 0 saturated heterocycles. The molecule has 7 aromatic carbocycles. The molecule has 8 nitrogen and oxygen atoms in total. The predicted molar refractivity (Wildman–Crippen MR) is 370 cm³/mol. The fourth-order valence-corrected chi connectivity index (χ4v) is 19.1. The molecule has 0 bridgehead atoms. The molecule has 11 aromatic rings. The van der Waals surface area contributed by atoms with E-state index in [1.807, 2.05) is 18.2 Å². The van der Waals surface area contributed by atoms with E-state index in [-0.39, 0.29) is 44.5 Å². The molecule has 0 N–H and O–H groups in total. The van der Waals surface area contributed by atoms with Crippen LogP contribution in [-0.4, -0.2) is 25.8 Å². The number of hydrogen-bond acceptors (Lipinski definition) is 11. The molecular weight excluding hydrogens is 1290 g/mol. The number of hydrogen-bond donors (Lipinski definition) is 0. The SMILES string of the molecule is [C-]#[N+]/C(C#N)=C1/C(=C/c2cc(OC)c(-c3cc4c(s3)-c3cc5c(cc3C4(c3ccc(C)cc3)c3ccc(C)cc3)-c3sc(-c4sc(/C=C6\C(=O)c7cc(F)c(F)cc7C6=C(C#N)C#N)cc4OC)cc3C5(c3ccc(C)cc3)c3ccc(C)cc3)s2)C(=O)c2cc(F)c(F)cc21. The van der Waals surface area contributed by atoms with Gasteiger partial charge in [0.25, 0.3) is 5.70 Å². The third-order valence-electron chi connectivity index (χ3n) is 18.7. The highest BCUT2D eigenvalue weighted by atomic mass is 32.1. The second-order valence-electron chi connectivity index (χ2n) is 24.0. The third kappa shape index (κ3) is 8.98. The second-order valence-corrected chi connectivity index (χ2v) is 28.3. The Morgan fingerprint density at radius 1 is 0.438 bits per heavy atom. The zero-order chi connectivity index (χ0) is 67.0. The highest BCUT2D eigenvalue weighted by Crippen LogP contribution is 2.67. The molecule has 15 rings (SSSR count). The Morgan fingerprint density at radius 3 is 1.11 bits per heavy atom.